The third kappa shape index (κ3) is 4.00. The molecule has 4 amide bonds. The highest BCUT2D eigenvalue weighted by molar-refractivity contribution is 6.15. The number of carbonyl (C=O) groups excluding carboxylic acids is 3. The number of urea groups is 1. The zero-order chi connectivity index (χ0) is 19.6. The molecular formula is C17H14N4O6. The monoisotopic (exact) mass is 370 g/mol. The lowest BCUT2D eigenvalue weighted by Crippen LogP contribution is -2.38. The van der Waals surface area contributed by atoms with E-state index in [2.05, 4.69) is 10.6 Å². The summed E-state index contributed by atoms with van der Waals surface area (Å²) in [5.41, 5.74) is 1.35. The van der Waals surface area contributed by atoms with Crippen LogP contribution in [0.25, 0.3) is 6.08 Å². The summed E-state index contributed by atoms with van der Waals surface area (Å²) in [7, 11) is 0. The first-order valence-corrected chi connectivity index (χ1v) is 7.79. The van der Waals surface area contributed by atoms with Gasteiger partial charge in [0.25, 0.3) is 5.91 Å². The minimum atomic E-state index is -0.772. The van der Waals surface area contributed by atoms with E-state index in [1.54, 1.807) is 18.2 Å². The van der Waals surface area contributed by atoms with Gasteiger partial charge in [-0.05, 0) is 30.7 Å². The summed E-state index contributed by atoms with van der Waals surface area (Å²) >= 11 is 0. The summed E-state index contributed by atoms with van der Waals surface area (Å²) < 4.78 is 4.92. The third-order valence-corrected chi connectivity index (χ3v) is 3.65. The van der Waals surface area contributed by atoms with Crippen molar-refractivity contribution in [3.8, 4) is 0 Å². The second-order valence-electron chi connectivity index (χ2n) is 5.73. The molecule has 0 saturated carbocycles. The molecule has 0 unspecified atom stereocenters. The van der Waals surface area contributed by atoms with Crippen LogP contribution >= 0.6 is 0 Å². The number of nitrogens with one attached hydrogen (secondary N) is 2. The highest BCUT2D eigenvalue weighted by Crippen LogP contribution is 2.20. The summed E-state index contributed by atoms with van der Waals surface area (Å²) in [6, 6.07) is 8.71. The zero-order valence-electron chi connectivity index (χ0n) is 14.1. The fraction of sp³-hybridized carbons (Fsp3) is 0.118. The predicted molar refractivity (Wildman–Crippen MR) is 93.4 cm³/mol. The summed E-state index contributed by atoms with van der Waals surface area (Å²) in [5.74, 6) is -1.75. The first kappa shape index (κ1) is 17.9. The number of furan rings is 1. The molecule has 10 heteroatoms. The van der Waals surface area contributed by atoms with E-state index in [4.69, 9.17) is 4.42 Å². The first-order valence-electron chi connectivity index (χ1n) is 7.79. The number of benzene rings is 1. The number of imide groups is 1. The molecule has 2 aromatic rings. The molecule has 1 aliphatic heterocycles. The number of hydrogen-bond acceptors (Lipinski definition) is 6. The van der Waals surface area contributed by atoms with Crippen LogP contribution in [0.1, 0.15) is 11.3 Å². The number of nitro groups is 1. The SMILES string of the molecule is Cc1cccc(NC(=O)CN2C(=O)N/C(=C/c3ccc([N+](=O)[O-])o3)C2=O)c1. The summed E-state index contributed by atoms with van der Waals surface area (Å²) in [4.78, 5) is 47.0. The molecule has 0 bridgehead atoms. The van der Waals surface area contributed by atoms with Gasteiger partial charge in [0, 0.05) is 11.8 Å². The maximum atomic E-state index is 12.3. The third-order valence-electron chi connectivity index (χ3n) is 3.65. The van der Waals surface area contributed by atoms with Crippen molar-refractivity contribution in [1.82, 2.24) is 10.2 Å². The molecule has 27 heavy (non-hydrogen) atoms. The Kier molecular flexibility index (Phi) is 4.71. The van der Waals surface area contributed by atoms with E-state index in [1.807, 2.05) is 13.0 Å². The van der Waals surface area contributed by atoms with Gasteiger partial charge in [0.05, 0.1) is 6.07 Å². The average Bonchev–Trinajstić information content (AvgIpc) is 3.16. The molecule has 2 N–H and O–H groups in total. The number of aryl methyl sites for hydroxylation is 1. The normalized spacial score (nSPS) is 15.1. The van der Waals surface area contributed by atoms with Gasteiger partial charge in [-0.15, -0.1) is 0 Å². The van der Waals surface area contributed by atoms with Crippen LogP contribution in [0.3, 0.4) is 0 Å². The second kappa shape index (κ2) is 7.12. The minimum Gasteiger partial charge on any atom is -0.401 e. The molecule has 1 aromatic heterocycles. The van der Waals surface area contributed by atoms with Gasteiger partial charge in [-0.25, -0.2) is 9.69 Å². The Morgan fingerprint density at radius 2 is 2.11 bits per heavy atom. The van der Waals surface area contributed by atoms with E-state index in [1.165, 1.54) is 6.07 Å². The van der Waals surface area contributed by atoms with Crippen LogP contribution in [0.5, 0.6) is 0 Å². The molecule has 138 valence electrons. The zero-order valence-corrected chi connectivity index (χ0v) is 14.1. The largest absolute Gasteiger partial charge is 0.433 e. The fourth-order valence-corrected chi connectivity index (χ4v) is 2.44. The van der Waals surface area contributed by atoms with Crippen molar-refractivity contribution in [3.05, 3.63) is 63.5 Å². The van der Waals surface area contributed by atoms with Crippen LogP contribution in [0, 0.1) is 17.0 Å². The van der Waals surface area contributed by atoms with Gasteiger partial charge in [0.2, 0.25) is 5.91 Å². The minimum absolute atomic E-state index is 0.0245. The van der Waals surface area contributed by atoms with E-state index in [0.29, 0.717) is 5.69 Å². The fourth-order valence-electron chi connectivity index (χ4n) is 2.44. The average molecular weight is 370 g/mol. The smallest absolute Gasteiger partial charge is 0.401 e. The van der Waals surface area contributed by atoms with Crippen LogP contribution in [-0.2, 0) is 9.59 Å². The predicted octanol–water partition coefficient (Wildman–Crippen LogP) is 2.03. The topological polar surface area (TPSA) is 135 Å². The van der Waals surface area contributed by atoms with Gasteiger partial charge in [-0.2, -0.15) is 0 Å². The van der Waals surface area contributed by atoms with Gasteiger partial charge < -0.3 is 15.1 Å². The number of hydrogen-bond donors (Lipinski definition) is 2. The number of rotatable bonds is 5. The Hall–Kier alpha value is -3.95. The van der Waals surface area contributed by atoms with E-state index < -0.39 is 35.2 Å². The van der Waals surface area contributed by atoms with Crippen LogP contribution in [-0.4, -0.2) is 34.2 Å². The molecule has 3 rings (SSSR count). The Morgan fingerprint density at radius 1 is 1.33 bits per heavy atom. The molecule has 1 fully saturated rings. The van der Waals surface area contributed by atoms with E-state index in [-0.39, 0.29) is 11.5 Å². The molecule has 0 atom stereocenters. The van der Waals surface area contributed by atoms with E-state index >= 15 is 0 Å². The Bertz CT molecular complexity index is 977. The van der Waals surface area contributed by atoms with Crippen molar-refractivity contribution < 1.29 is 23.7 Å². The maximum absolute atomic E-state index is 12.3. The quantitative estimate of drug-likeness (QED) is 0.358. The van der Waals surface area contributed by atoms with Crippen molar-refractivity contribution in [2.75, 3.05) is 11.9 Å². The van der Waals surface area contributed by atoms with Crippen LogP contribution in [0.2, 0.25) is 0 Å². The Morgan fingerprint density at radius 3 is 2.78 bits per heavy atom. The summed E-state index contributed by atoms with van der Waals surface area (Å²) in [5, 5.41) is 15.5. The number of nitrogens with zero attached hydrogens (tertiary/aromatic N) is 2. The first-order chi connectivity index (χ1) is 12.8. The molecule has 1 aliphatic rings. The lowest BCUT2D eigenvalue weighted by molar-refractivity contribution is -0.402. The van der Waals surface area contributed by atoms with Gasteiger partial charge in [-0.1, -0.05) is 12.1 Å². The van der Waals surface area contributed by atoms with Gasteiger partial charge in [0.15, 0.2) is 0 Å². The molecule has 0 spiro atoms. The summed E-state index contributed by atoms with van der Waals surface area (Å²) in [6.45, 7) is 1.39. The van der Waals surface area contributed by atoms with E-state index in [9.17, 15) is 24.5 Å². The maximum Gasteiger partial charge on any atom is 0.433 e. The Balaban J connectivity index is 1.69. The van der Waals surface area contributed by atoms with E-state index in [0.717, 1.165) is 22.6 Å². The van der Waals surface area contributed by atoms with Crippen LogP contribution in [0.15, 0.2) is 46.5 Å². The highest BCUT2D eigenvalue weighted by Gasteiger charge is 2.35. The molecule has 2 heterocycles. The number of amides is 4. The molecule has 1 saturated heterocycles. The molecule has 0 radical (unpaired) electrons. The van der Waals surface area contributed by atoms with Crippen molar-refractivity contribution in [2.24, 2.45) is 0 Å². The van der Waals surface area contributed by atoms with Crippen molar-refractivity contribution >= 4 is 35.5 Å². The van der Waals surface area contributed by atoms with Crippen LogP contribution in [0.4, 0.5) is 16.4 Å². The highest BCUT2D eigenvalue weighted by atomic mass is 16.6. The number of anilines is 1. The van der Waals surface area contributed by atoms with Gasteiger partial charge in [-0.3, -0.25) is 19.7 Å². The van der Waals surface area contributed by atoms with Crippen LogP contribution < -0.4 is 10.6 Å². The lowest BCUT2D eigenvalue weighted by atomic mass is 10.2. The standard InChI is InChI=1S/C17H14N4O6/c1-10-3-2-4-11(7-10)18-14(22)9-20-16(23)13(19-17(20)24)8-12-5-6-15(27-12)21(25)26/h2-8H,9H2,1H3,(H,18,22)(H,19,24)/b13-8+. The number of carbonyl (C=O) groups is 3. The molecule has 10 nitrogen and oxygen atoms in total. The molecule has 1 aromatic carbocycles. The van der Waals surface area contributed by atoms with Crippen molar-refractivity contribution in [1.29, 1.82) is 0 Å². The Labute approximate surface area is 152 Å². The van der Waals surface area contributed by atoms with Gasteiger partial charge >= 0.3 is 11.9 Å². The lowest BCUT2D eigenvalue weighted by Gasteiger charge is -2.12. The van der Waals surface area contributed by atoms with Gasteiger partial charge in [0.1, 0.15) is 22.9 Å². The molecular weight excluding hydrogens is 356 g/mol. The van der Waals surface area contributed by atoms with Crippen molar-refractivity contribution in [2.45, 2.75) is 6.92 Å². The van der Waals surface area contributed by atoms with Crippen molar-refractivity contribution in [3.63, 3.8) is 0 Å². The second-order valence-corrected chi connectivity index (χ2v) is 5.73. The summed E-state index contributed by atoms with van der Waals surface area (Å²) in [6.07, 6.45) is 1.16. The molecule has 0 aliphatic carbocycles.